The SMILES string of the molecule is Cc1c(C)c(I)c(I)c(O)c1O. The van der Waals surface area contributed by atoms with Crippen LogP contribution in [0.2, 0.25) is 0 Å². The Kier molecular flexibility index (Phi) is 3.08. The number of aromatic hydroxyl groups is 2. The van der Waals surface area contributed by atoms with Crippen LogP contribution in [-0.2, 0) is 0 Å². The van der Waals surface area contributed by atoms with E-state index in [0.29, 0.717) is 3.57 Å². The van der Waals surface area contributed by atoms with Crippen LogP contribution in [0.15, 0.2) is 0 Å². The van der Waals surface area contributed by atoms with Crippen LogP contribution in [0.1, 0.15) is 11.1 Å². The Bertz CT molecular complexity index is 229. The van der Waals surface area contributed by atoms with Crippen LogP contribution in [0.3, 0.4) is 0 Å². The summed E-state index contributed by atoms with van der Waals surface area (Å²) in [6.07, 6.45) is 0. The zero-order chi connectivity index (χ0) is 9.46. The Morgan fingerprint density at radius 3 is 1.83 bits per heavy atom. The third-order valence-corrected chi connectivity index (χ3v) is 5.30. The van der Waals surface area contributed by atoms with E-state index < -0.39 is 0 Å². The largest absolute Gasteiger partial charge is 0.504 e. The van der Waals surface area contributed by atoms with Crippen molar-refractivity contribution in [2.75, 3.05) is 0 Å². The van der Waals surface area contributed by atoms with Crippen molar-refractivity contribution in [2.45, 2.75) is 13.8 Å². The van der Waals surface area contributed by atoms with Gasteiger partial charge in [-0.05, 0) is 70.2 Å². The lowest BCUT2D eigenvalue weighted by Gasteiger charge is -2.10. The van der Waals surface area contributed by atoms with E-state index in [-0.39, 0.29) is 11.5 Å². The molecule has 0 radical (unpaired) electrons. The first-order valence-electron chi connectivity index (χ1n) is 3.33. The highest BCUT2D eigenvalue weighted by molar-refractivity contribution is 14.1. The van der Waals surface area contributed by atoms with Gasteiger partial charge in [-0.15, -0.1) is 0 Å². The maximum absolute atomic E-state index is 9.43. The molecule has 1 rings (SSSR count). The highest BCUT2D eigenvalue weighted by Crippen LogP contribution is 2.38. The molecule has 0 saturated heterocycles. The van der Waals surface area contributed by atoms with E-state index in [2.05, 4.69) is 22.6 Å². The number of benzene rings is 1. The van der Waals surface area contributed by atoms with E-state index in [0.717, 1.165) is 14.7 Å². The lowest BCUT2D eigenvalue weighted by atomic mass is 10.1. The van der Waals surface area contributed by atoms with Crippen LogP contribution in [-0.4, -0.2) is 10.2 Å². The second-order valence-corrected chi connectivity index (χ2v) is 4.73. The standard InChI is InChI=1S/C8H8I2O2/c1-3-4(2)7(11)8(12)6(10)5(3)9/h11-12H,1-2H3. The van der Waals surface area contributed by atoms with Crippen molar-refractivity contribution in [3.8, 4) is 11.5 Å². The summed E-state index contributed by atoms with van der Waals surface area (Å²) >= 11 is 4.18. The molecule has 0 aliphatic rings. The van der Waals surface area contributed by atoms with Crippen LogP contribution in [0, 0.1) is 21.0 Å². The molecule has 4 heteroatoms. The summed E-state index contributed by atoms with van der Waals surface area (Å²) in [7, 11) is 0. The minimum atomic E-state index is -0.0110. The maximum Gasteiger partial charge on any atom is 0.172 e. The Labute approximate surface area is 98.3 Å². The molecule has 66 valence electrons. The first-order valence-corrected chi connectivity index (χ1v) is 5.48. The average Bonchev–Trinajstić information content (AvgIpc) is 2.08. The topological polar surface area (TPSA) is 40.5 Å². The molecule has 1 aromatic carbocycles. The summed E-state index contributed by atoms with van der Waals surface area (Å²) in [6, 6.07) is 0. The zero-order valence-corrected chi connectivity index (χ0v) is 11.0. The van der Waals surface area contributed by atoms with Crippen LogP contribution in [0.5, 0.6) is 11.5 Å². The second-order valence-electron chi connectivity index (χ2n) is 2.58. The fourth-order valence-electron chi connectivity index (χ4n) is 0.892. The van der Waals surface area contributed by atoms with Crippen molar-refractivity contribution in [1.82, 2.24) is 0 Å². The molecular formula is C8H8I2O2. The van der Waals surface area contributed by atoms with E-state index in [1.165, 1.54) is 0 Å². The van der Waals surface area contributed by atoms with Gasteiger partial charge in [-0.2, -0.15) is 0 Å². The molecule has 0 bridgehead atoms. The van der Waals surface area contributed by atoms with Crippen molar-refractivity contribution < 1.29 is 10.2 Å². The summed E-state index contributed by atoms with van der Waals surface area (Å²) in [5.74, 6) is -0.0135. The number of phenols is 2. The fraction of sp³-hybridized carbons (Fsp3) is 0.250. The number of rotatable bonds is 0. The summed E-state index contributed by atoms with van der Waals surface area (Å²) in [5, 5.41) is 18.9. The predicted octanol–water partition coefficient (Wildman–Crippen LogP) is 2.92. The predicted molar refractivity (Wildman–Crippen MR) is 64.7 cm³/mol. The number of hydrogen-bond acceptors (Lipinski definition) is 2. The molecule has 0 heterocycles. The minimum absolute atomic E-state index is 0.00249. The second kappa shape index (κ2) is 3.57. The van der Waals surface area contributed by atoms with Gasteiger partial charge in [-0.25, -0.2) is 0 Å². The quantitative estimate of drug-likeness (QED) is 0.529. The number of halogens is 2. The van der Waals surface area contributed by atoms with E-state index in [9.17, 15) is 10.2 Å². The molecule has 0 spiro atoms. The molecule has 0 amide bonds. The average molecular weight is 390 g/mol. The van der Waals surface area contributed by atoms with Crippen LogP contribution >= 0.6 is 45.2 Å². The van der Waals surface area contributed by atoms with Crippen LogP contribution in [0.4, 0.5) is 0 Å². The van der Waals surface area contributed by atoms with Gasteiger partial charge in [-0.1, -0.05) is 0 Å². The van der Waals surface area contributed by atoms with Crippen molar-refractivity contribution >= 4 is 45.2 Å². The molecule has 0 fully saturated rings. The first kappa shape index (κ1) is 10.4. The third kappa shape index (κ3) is 1.50. The van der Waals surface area contributed by atoms with Gasteiger partial charge in [0.1, 0.15) is 0 Å². The van der Waals surface area contributed by atoms with E-state index in [1.54, 1.807) is 6.92 Å². The molecule has 2 nitrogen and oxygen atoms in total. The molecule has 0 saturated carbocycles. The summed E-state index contributed by atoms with van der Waals surface area (Å²) in [4.78, 5) is 0. The third-order valence-electron chi connectivity index (χ3n) is 1.87. The fourth-order valence-corrected chi connectivity index (χ4v) is 2.21. The Morgan fingerprint density at radius 1 is 0.833 bits per heavy atom. The Morgan fingerprint density at radius 2 is 1.33 bits per heavy atom. The molecule has 0 aromatic heterocycles. The van der Waals surface area contributed by atoms with E-state index >= 15 is 0 Å². The van der Waals surface area contributed by atoms with Gasteiger partial charge in [0, 0.05) is 3.57 Å². The Hall–Kier alpha value is 0.280. The number of phenolic OH excluding ortho intramolecular Hbond substituents is 2. The van der Waals surface area contributed by atoms with Gasteiger partial charge >= 0.3 is 0 Å². The van der Waals surface area contributed by atoms with Crippen LogP contribution < -0.4 is 0 Å². The molecule has 2 N–H and O–H groups in total. The van der Waals surface area contributed by atoms with E-state index in [4.69, 9.17) is 0 Å². The normalized spacial score (nSPS) is 10.3. The summed E-state index contributed by atoms with van der Waals surface area (Å²) in [5.41, 5.74) is 1.77. The highest BCUT2D eigenvalue weighted by Gasteiger charge is 2.14. The molecule has 12 heavy (non-hydrogen) atoms. The monoisotopic (exact) mass is 390 g/mol. The highest BCUT2D eigenvalue weighted by atomic mass is 127. The molecule has 1 aromatic rings. The number of hydrogen-bond donors (Lipinski definition) is 2. The molecule has 0 aliphatic heterocycles. The molecule has 0 unspecified atom stereocenters. The molecule has 0 aliphatic carbocycles. The zero-order valence-electron chi connectivity index (χ0n) is 6.65. The van der Waals surface area contributed by atoms with Gasteiger partial charge in [0.2, 0.25) is 0 Å². The van der Waals surface area contributed by atoms with Crippen molar-refractivity contribution in [3.05, 3.63) is 18.3 Å². The van der Waals surface area contributed by atoms with Crippen molar-refractivity contribution in [3.63, 3.8) is 0 Å². The molecule has 0 atom stereocenters. The van der Waals surface area contributed by atoms with E-state index in [1.807, 2.05) is 29.5 Å². The minimum Gasteiger partial charge on any atom is -0.504 e. The summed E-state index contributed by atoms with van der Waals surface area (Å²) in [6.45, 7) is 3.72. The van der Waals surface area contributed by atoms with Crippen molar-refractivity contribution in [1.29, 1.82) is 0 Å². The smallest absolute Gasteiger partial charge is 0.172 e. The van der Waals surface area contributed by atoms with Gasteiger partial charge in [-0.3, -0.25) is 0 Å². The van der Waals surface area contributed by atoms with Crippen LogP contribution in [0.25, 0.3) is 0 Å². The van der Waals surface area contributed by atoms with Gasteiger partial charge in [0.25, 0.3) is 0 Å². The first-order chi connectivity index (χ1) is 5.46. The Balaban J connectivity index is 3.60. The van der Waals surface area contributed by atoms with Gasteiger partial charge in [0.05, 0.1) is 3.57 Å². The van der Waals surface area contributed by atoms with Crippen molar-refractivity contribution in [2.24, 2.45) is 0 Å². The molecular weight excluding hydrogens is 382 g/mol. The summed E-state index contributed by atoms with van der Waals surface area (Å²) < 4.78 is 1.72. The lowest BCUT2D eigenvalue weighted by Crippen LogP contribution is -1.91. The lowest BCUT2D eigenvalue weighted by molar-refractivity contribution is 0.397. The van der Waals surface area contributed by atoms with Gasteiger partial charge < -0.3 is 10.2 Å². The van der Waals surface area contributed by atoms with Gasteiger partial charge in [0.15, 0.2) is 11.5 Å². The maximum atomic E-state index is 9.43.